The van der Waals surface area contributed by atoms with Crippen LogP contribution in [0.2, 0.25) is 0 Å². The van der Waals surface area contributed by atoms with Gasteiger partial charge in [-0.2, -0.15) is 0 Å². The second-order valence-electron chi connectivity index (χ2n) is 4.80. The minimum absolute atomic E-state index is 0.104. The third kappa shape index (κ3) is 3.67. The lowest BCUT2D eigenvalue weighted by atomic mass is 10.0. The van der Waals surface area contributed by atoms with Gasteiger partial charge in [0.05, 0.1) is 5.60 Å². The quantitative estimate of drug-likeness (QED) is 0.717. The van der Waals surface area contributed by atoms with Crippen molar-refractivity contribution in [3.63, 3.8) is 0 Å². The lowest BCUT2D eigenvalue weighted by Gasteiger charge is -2.30. The number of nitrogens with zero attached hydrogens (tertiary/aromatic N) is 1. The molecule has 0 aliphatic heterocycles. The summed E-state index contributed by atoms with van der Waals surface area (Å²) in [6, 6.07) is 0. The third-order valence-electron chi connectivity index (χ3n) is 2.63. The summed E-state index contributed by atoms with van der Waals surface area (Å²) in [6.45, 7) is 6.50. The van der Waals surface area contributed by atoms with Crippen molar-refractivity contribution in [1.82, 2.24) is 4.90 Å². The molecule has 0 unspecified atom stereocenters. The molecular weight excluding hydrogens is 190 g/mol. The number of carbonyl (C=O) groups is 1. The first kappa shape index (κ1) is 12.2. The maximum absolute atomic E-state index is 12.0. The molecule has 1 aliphatic carbocycles. The van der Waals surface area contributed by atoms with E-state index in [-0.39, 0.29) is 11.8 Å². The number of rotatable bonds is 4. The lowest BCUT2D eigenvalue weighted by Crippen LogP contribution is -2.44. The van der Waals surface area contributed by atoms with Crippen LogP contribution in [0.15, 0.2) is 12.2 Å². The largest absolute Gasteiger partial charge is 0.389 e. The normalized spacial score (nSPS) is 17.1. The van der Waals surface area contributed by atoms with E-state index in [1.807, 2.05) is 6.92 Å². The molecule has 0 heterocycles. The fourth-order valence-corrected chi connectivity index (χ4v) is 1.89. The first-order chi connectivity index (χ1) is 6.94. The van der Waals surface area contributed by atoms with Crippen LogP contribution < -0.4 is 0 Å². The second kappa shape index (κ2) is 4.79. The molecule has 0 atom stereocenters. The molecule has 0 saturated heterocycles. The summed E-state index contributed by atoms with van der Waals surface area (Å²) in [6.07, 6.45) is 5.81. The van der Waals surface area contributed by atoms with Crippen LogP contribution in [0, 0.1) is 5.92 Å². The molecule has 3 heteroatoms. The topological polar surface area (TPSA) is 40.5 Å². The van der Waals surface area contributed by atoms with Crippen LogP contribution in [0.25, 0.3) is 0 Å². The van der Waals surface area contributed by atoms with Crippen LogP contribution >= 0.6 is 0 Å². The summed E-state index contributed by atoms with van der Waals surface area (Å²) in [5, 5.41) is 9.70. The Morgan fingerprint density at radius 3 is 2.40 bits per heavy atom. The Balaban J connectivity index is 2.54. The van der Waals surface area contributed by atoms with E-state index >= 15 is 0 Å². The van der Waals surface area contributed by atoms with Crippen molar-refractivity contribution in [3.8, 4) is 0 Å². The van der Waals surface area contributed by atoms with Crippen LogP contribution in [0.5, 0.6) is 0 Å². The summed E-state index contributed by atoms with van der Waals surface area (Å²) in [5.74, 6) is 0.275. The zero-order chi connectivity index (χ0) is 11.5. The summed E-state index contributed by atoms with van der Waals surface area (Å²) in [5.41, 5.74) is -0.808. The summed E-state index contributed by atoms with van der Waals surface area (Å²) < 4.78 is 0. The SMILES string of the molecule is CCN(CC(C)(C)O)C(=O)C1CC=CC1. The minimum atomic E-state index is -0.808. The predicted molar refractivity (Wildman–Crippen MR) is 60.4 cm³/mol. The van der Waals surface area contributed by atoms with Gasteiger partial charge in [-0.15, -0.1) is 0 Å². The number of hydrogen-bond donors (Lipinski definition) is 1. The standard InChI is InChI=1S/C12H21NO2/c1-4-13(9-12(2,3)15)11(14)10-7-5-6-8-10/h5-6,10,15H,4,7-9H2,1-3H3. The molecular formula is C12H21NO2. The van der Waals surface area contributed by atoms with E-state index in [0.717, 1.165) is 12.8 Å². The van der Waals surface area contributed by atoms with Gasteiger partial charge >= 0.3 is 0 Å². The van der Waals surface area contributed by atoms with Gasteiger partial charge in [0.1, 0.15) is 0 Å². The van der Waals surface area contributed by atoms with Gasteiger partial charge in [0, 0.05) is 19.0 Å². The van der Waals surface area contributed by atoms with Crippen molar-refractivity contribution in [1.29, 1.82) is 0 Å². The van der Waals surface area contributed by atoms with E-state index in [0.29, 0.717) is 13.1 Å². The summed E-state index contributed by atoms with van der Waals surface area (Å²) in [4.78, 5) is 13.8. The third-order valence-corrected chi connectivity index (χ3v) is 2.63. The number of amides is 1. The van der Waals surface area contributed by atoms with Crippen LogP contribution in [0.1, 0.15) is 33.6 Å². The fourth-order valence-electron chi connectivity index (χ4n) is 1.89. The second-order valence-corrected chi connectivity index (χ2v) is 4.80. The lowest BCUT2D eigenvalue weighted by molar-refractivity contribution is -0.137. The van der Waals surface area contributed by atoms with Gasteiger partial charge in [-0.05, 0) is 33.6 Å². The molecule has 0 aromatic carbocycles. The first-order valence-electron chi connectivity index (χ1n) is 5.60. The predicted octanol–water partition coefficient (Wildman–Crippen LogP) is 1.57. The molecule has 0 radical (unpaired) electrons. The average molecular weight is 211 g/mol. The maximum Gasteiger partial charge on any atom is 0.226 e. The highest BCUT2D eigenvalue weighted by Gasteiger charge is 2.27. The highest BCUT2D eigenvalue weighted by molar-refractivity contribution is 5.79. The molecule has 0 bridgehead atoms. The number of aliphatic hydroxyl groups is 1. The molecule has 1 aliphatic rings. The Labute approximate surface area is 91.8 Å². The highest BCUT2D eigenvalue weighted by atomic mass is 16.3. The van der Waals surface area contributed by atoms with Crippen molar-refractivity contribution < 1.29 is 9.90 Å². The Morgan fingerprint density at radius 1 is 1.47 bits per heavy atom. The fraction of sp³-hybridized carbons (Fsp3) is 0.750. The van der Waals surface area contributed by atoms with Crippen molar-refractivity contribution in [2.45, 2.75) is 39.2 Å². The van der Waals surface area contributed by atoms with Gasteiger partial charge in [0.25, 0.3) is 0 Å². The molecule has 15 heavy (non-hydrogen) atoms. The minimum Gasteiger partial charge on any atom is -0.389 e. The molecule has 0 fully saturated rings. The van der Waals surface area contributed by atoms with Gasteiger partial charge in [0.15, 0.2) is 0 Å². The van der Waals surface area contributed by atoms with E-state index in [9.17, 15) is 9.90 Å². The van der Waals surface area contributed by atoms with E-state index in [1.165, 1.54) is 0 Å². The highest BCUT2D eigenvalue weighted by Crippen LogP contribution is 2.21. The van der Waals surface area contributed by atoms with Crippen molar-refractivity contribution in [3.05, 3.63) is 12.2 Å². The van der Waals surface area contributed by atoms with Crippen LogP contribution in [-0.2, 0) is 4.79 Å². The van der Waals surface area contributed by atoms with Gasteiger partial charge < -0.3 is 10.0 Å². The number of likely N-dealkylation sites (N-methyl/N-ethyl adjacent to an activating group) is 1. The Bertz CT molecular complexity index is 245. The molecule has 1 amide bonds. The van der Waals surface area contributed by atoms with Crippen molar-refractivity contribution in [2.75, 3.05) is 13.1 Å². The van der Waals surface area contributed by atoms with E-state index < -0.39 is 5.60 Å². The van der Waals surface area contributed by atoms with Gasteiger partial charge in [0.2, 0.25) is 5.91 Å². The first-order valence-corrected chi connectivity index (χ1v) is 5.60. The molecule has 1 rings (SSSR count). The number of hydrogen-bond acceptors (Lipinski definition) is 2. The van der Waals surface area contributed by atoms with Crippen LogP contribution in [-0.4, -0.2) is 34.6 Å². The zero-order valence-electron chi connectivity index (χ0n) is 9.86. The number of carbonyl (C=O) groups excluding carboxylic acids is 1. The molecule has 86 valence electrons. The van der Waals surface area contributed by atoms with Crippen molar-refractivity contribution in [2.24, 2.45) is 5.92 Å². The molecule has 0 aromatic rings. The molecule has 0 spiro atoms. The van der Waals surface area contributed by atoms with Crippen LogP contribution in [0.3, 0.4) is 0 Å². The molecule has 1 N–H and O–H groups in total. The molecule has 0 saturated carbocycles. The van der Waals surface area contributed by atoms with Gasteiger partial charge in [-0.3, -0.25) is 4.79 Å². The molecule has 3 nitrogen and oxygen atoms in total. The maximum atomic E-state index is 12.0. The Kier molecular flexibility index (Phi) is 3.91. The Morgan fingerprint density at radius 2 is 2.00 bits per heavy atom. The monoisotopic (exact) mass is 211 g/mol. The molecule has 0 aromatic heterocycles. The van der Waals surface area contributed by atoms with Crippen LogP contribution in [0.4, 0.5) is 0 Å². The Hall–Kier alpha value is -0.830. The van der Waals surface area contributed by atoms with Gasteiger partial charge in [-0.25, -0.2) is 0 Å². The number of allylic oxidation sites excluding steroid dienone is 2. The smallest absolute Gasteiger partial charge is 0.226 e. The summed E-state index contributed by atoms with van der Waals surface area (Å²) >= 11 is 0. The van der Waals surface area contributed by atoms with E-state index in [2.05, 4.69) is 12.2 Å². The van der Waals surface area contributed by atoms with Gasteiger partial charge in [-0.1, -0.05) is 12.2 Å². The zero-order valence-corrected chi connectivity index (χ0v) is 9.86. The average Bonchev–Trinajstić information content (AvgIpc) is 2.64. The van der Waals surface area contributed by atoms with E-state index in [4.69, 9.17) is 0 Å². The summed E-state index contributed by atoms with van der Waals surface area (Å²) in [7, 11) is 0. The van der Waals surface area contributed by atoms with E-state index in [1.54, 1.807) is 18.7 Å². The van der Waals surface area contributed by atoms with Crippen molar-refractivity contribution >= 4 is 5.91 Å².